The van der Waals surface area contributed by atoms with Crippen molar-refractivity contribution in [2.45, 2.75) is 283 Å². The topological polar surface area (TPSA) is 108 Å². The lowest BCUT2D eigenvalue weighted by atomic mass is 10.0. The first-order valence-corrected chi connectivity index (χ1v) is 37.6. The lowest BCUT2D eigenvalue weighted by Crippen LogP contribution is -2.45. The van der Waals surface area contributed by atoms with Crippen LogP contribution < -0.4 is 10.2 Å². The molecule has 0 saturated carbocycles. The fraction of sp³-hybridized carbons (Fsp3) is 0.617. The zero-order chi connectivity index (χ0) is 65.5. The summed E-state index contributed by atoms with van der Waals surface area (Å²) in [6.45, 7) is 4.47. The van der Waals surface area contributed by atoms with Crippen LogP contribution in [0.2, 0.25) is 0 Å². The van der Waals surface area contributed by atoms with Gasteiger partial charge >= 0.3 is 0 Å². The summed E-state index contributed by atoms with van der Waals surface area (Å²) in [5.74, 6) is -0.259. The maximum atomic E-state index is 13.0. The van der Waals surface area contributed by atoms with Crippen molar-refractivity contribution in [3.8, 4) is 0 Å². The summed E-state index contributed by atoms with van der Waals surface area (Å²) in [7, 11) is 1.18. The third kappa shape index (κ3) is 71.0. The van der Waals surface area contributed by atoms with Gasteiger partial charge in [0.05, 0.1) is 39.9 Å². The molecule has 90 heavy (non-hydrogen) atoms. The number of carbonyl (C=O) groups excluding carboxylic acids is 1. The second kappa shape index (κ2) is 69.0. The predicted molar refractivity (Wildman–Crippen MR) is 393 cm³/mol. The smallest absolute Gasteiger partial charge is 0.268 e. The molecule has 9 heteroatoms. The molecule has 2 N–H and O–H groups in total. The number of nitrogens with zero attached hydrogens (tertiary/aromatic N) is 1. The molecule has 0 aromatic heterocycles. The highest BCUT2D eigenvalue weighted by Gasteiger charge is 2.23. The van der Waals surface area contributed by atoms with Crippen molar-refractivity contribution >= 4 is 13.7 Å². The van der Waals surface area contributed by atoms with Crippen LogP contribution >= 0.6 is 7.82 Å². The van der Waals surface area contributed by atoms with Gasteiger partial charge in [-0.25, -0.2) is 0 Å². The number of unbranched alkanes of at least 4 members (excludes halogenated alkanes) is 23. The SMILES string of the molecule is CC/C=C\C/C=C\C/C=C\C/C=C\C/C=C\C/C=C\C/C=C\C/C=C\C/C=C\C/C=C\C/C=C\C/C=C\CCCCC(=O)NC(COP(=O)([O-])OCC[N+](C)(C)C)C(O)/C=C/CC/C=C/CC/C=C/CCCCCCCCCCCCCCCCCCCCC. The van der Waals surface area contributed by atoms with Crippen LogP contribution in [0.1, 0.15) is 271 Å². The number of hydrogen-bond acceptors (Lipinski definition) is 6. The average Bonchev–Trinajstić information content (AvgIpc) is 3.72. The van der Waals surface area contributed by atoms with Gasteiger partial charge in [-0.1, -0.05) is 312 Å². The molecule has 0 rings (SSSR count). The molecule has 0 aromatic carbocycles. The lowest BCUT2D eigenvalue weighted by Gasteiger charge is -2.29. The Bertz CT molecular complexity index is 2130. The highest BCUT2D eigenvalue weighted by atomic mass is 31.2. The summed E-state index contributed by atoms with van der Waals surface area (Å²) in [5.41, 5.74) is 0. The molecular formula is C81H135N2O6P. The van der Waals surface area contributed by atoms with Crippen LogP contribution in [0.25, 0.3) is 0 Å². The first-order valence-electron chi connectivity index (χ1n) is 36.1. The Morgan fingerprint density at radius 2 is 0.689 bits per heavy atom. The molecule has 0 fully saturated rings. The molecule has 0 spiro atoms. The number of rotatable bonds is 64. The Hall–Kier alpha value is -4.40. The van der Waals surface area contributed by atoms with E-state index < -0.39 is 26.6 Å². The van der Waals surface area contributed by atoms with Crippen molar-refractivity contribution < 1.29 is 32.9 Å². The second-order valence-electron chi connectivity index (χ2n) is 24.8. The number of nitrogens with one attached hydrogen (secondary N) is 1. The molecule has 0 aliphatic rings. The number of likely N-dealkylation sites (N-methyl/N-ethyl adjacent to an activating group) is 1. The monoisotopic (exact) mass is 1260 g/mol. The number of quaternary nitrogens is 1. The largest absolute Gasteiger partial charge is 0.756 e. The molecule has 3 atom stereocenters. The Balaban J connectivity index is 4.29. The lowest BCUT2D eigenvalue weighted by molar-refractivity contribution is -0.870. The van der Waals surface area contributed by atoms with E-state index in [0.29, 0.717) is 23.9 Å². The highest BCUT2D eigenvalue weighted by Crippen LogP contribution is 2.38. The minimum atomic E-state index is -4.64. The van der Waals surface area contributed by atoms with Crippen LogP contribution in [0.5, 0.6) is 0 Å². The van der Waals surface area contributed by atoms with Crippen LogP contribution in [0.3, 0.4) is 0 Å². The number of amides is 1. The first kappa shape index (κ1) is 85.6. The fourth-order valence-corrected chi connectivity index (χ4v) is 10.2. The normalized spacial score (nSPS) is 14.7. The van der Waals surface area contributed by atoms with E-state index in [1.54, 1.807) is 6.08 Å². The van der Waals surface area contributed by atoms with Crippen LogP contribution in [0.4, 0.5) is 0 Å². The highest BCUT2D eigenvalue weighted by molar-refractivity contribution is 7.45. The summed E-state index contributed by atoms with van der Waals surface area (Å²) in [4.78, 5) is 25.6. The molecule has 0 bridgehead atoms. The molecule has 0 aliphatic carbocycles. The molecule has 3 unspecified atom stereocenters. The maximum Gasteiger partial charge on any atom is 0.268 e. The third-order valence-corrected chi connectivity index (χ3v) is 16.0. The summed E-state index contributed by atoms with van der Waals surface area (Å²) < 4.78 is 23.4. The summed E-state index contributed by atoms with van der Waals surface area (Å²) in [6, 6.07) is -0.950. The Morgan fingerprint density at radius 1 is 0.400 bits per heavy atom. The molecule has 0 saturated heterocycles. The number of carbonyl (C=O) groups is 1. The van der Waals surface area contributed by atoms with Crippen LogP contribution in [-0.2, 0) is 18.4 Å². The van der Waals surface area contributed by atoms with Gasteiger partial charge in [-0.05, 0) is 135 Å². The van der Waals surface area contributed by atoms with Crippen molar-refractivity contribution in [2.24, 2.45) is 0 Å². The molecule has 1 amide bonds. The maximum absolute atomic E-state index is 13.0. The number of hydrogen-bond donors (Lipinski definition) is 2. The van der Waals surface area contributed by atoms with Gasteiger partial charge in [0.1, 0.15) is 13.2 Å². The third-order valence-electron chi connectivity index (χ3n) is 15.1. The minimum Gasteiger partial charge on any atom is -0.756 e. The molecule has 0 heterocycles. The van der Waals surface area contributed by atoms with E-state index in [0.717, 1.165) is 109 Å². The Morgan fingerprint density at radius 3 is 1.03 bits per heavy atom. The van der Waals surface area contributed by atoms with E-state index in [2.05, 4.69) is 189 Å². The number of aliphatic hydroxyl groups is 1. The van der Waals surface area contributed by atoms with Crippen molar-refractivity contribution in [1.29, 1.82) is 0 Å². The second-order valence-corrected chi connectivity index (χ2v) is 26.2. The van der Waals surface area contributed by atoms with E-state index in [-0.39, 0.29) is 18.9 Å². The molecule has 0 aliphatic heterocycles. The van der Waals surface area contributed by atoms with Gasteiger partial charge in [0, 0.05) is 6.42 Å². The first-order chi connectivity index (χ1) is 44.0. The molecule has 0 aromatic rings. The zero-order valence-corrected chi connectivity index (χ0v) is 59.2. The quantitative estimate of drug-likeness (QED) is 0.0272. The van der Waals surface area contributed by atoms with Gasteiger partial charge < -0.3 is 28.8 Å². The molecular weight excluding hydrogens is 1130 g/mol. The van der Waals surface area contributed by atoms with Gasteiger partial charge in [-0.15, -0.1) is 0 Å². The van der Waals surface area contributed by atoms with E-state index in [1.165, 1.54) is 128 Å². The summed E-state index contributed by atoms with van der Waals surface area (Å²) in [5, 5.41) is 13.9. The van der Waals surface area contributed by atoms with E-state index >= 15 is 0 Å². The van der Waals surface area contributed by atoms with Crippen molar-refractivity contribution in [3.05, 3.63) is 182 Å². The van der Waals surface area contributed by atoms with Crippen LogP contribution in [-0.4, -0.2) is 68.5 Å². The standard InChI is InChI=1S/C81H135N2O6P/c1-6-8-10-12-14-16-18-20-22-24-26-28-30-32-34-36-37-38-39-40-41-42-43-44-45-47-49-51-53-55-57-59-61-63-65-67-69-71-73-75-81(85)82-79(78-89-90(86,87)88-77-76-83(3,4)5)80(84)74-72-70-68-66-64-62-60-58-56-54-52-50-48-46-35-33-31-29-27-25-23-21-19-17-15-13-11-9-7-2/h8,10,14,16,20,22,26,28,32,34,37-38,40-41,43-44,47,49,53,55-56,58-59,61,64-67,72,74,79-80,84H,6-7,9,11-13,15,17-19,21,23-25,27,29-31,33,35-36,39,42,45-46,48,50-52,54,57,60,62-63,68-71,73,75-78H2,1-5H3,(H-,82,85,86,87)/b10-8-,16-14-,22-20-,28-26-,34-32-,38-37-,41-40-,44-43-,49-47-,55-53-,58-56+,61-59-,66-64+,67-65-,74-72+. The summed E-state index contributed by atoms with van der Waals surface area (Å²) in [6.07, 6.45) is 110. The Kier molecular flexibility index (Phi) is 65.6. The molecule has 510 valence electrons. The minimum absolute atomic E-state index is 0.0277. The van der Waals surface area contributed by atoms with Gasteiger partial charge in [0.15, 0.2) is 0 Å². The number of allylic oxidation sites excluding steroid dienone is 29. The van der Waals surface area contributed by atoms with E-state index in [9.17, 15) is 19.4 Å². The molecule has 8 nitrogen and oxygen atoms in total. The fourth-order valence-electron chi connectivity index (χ4n) is 9.52. The zero-order valence-electron chi connectivity index (χ0n) is 58.3. The predicted octanol–water partition coefficient (Wildman–Crippen LogP) is 23.0. The van der Waals surface area contributed by atoms with Gasteiger partial charge in [0.25, 0.3) is 7.82 Å². The van der Waals surface area contributed by atoms with Gasteiger partial charge in [0.2, 0.25) is 5.91 Å². The number of phosphoric ester groups is 1. The number of phosphoric acid groups is 1. The van der Waals surface area contributed by atoms with Gasteiger partial charge in [-0.3, -0.25) is 9.36 Å². The molecule has 0 radical (unpaired) electrons. The van der Waals surface area contributed by atoms with E-state index in [4.69, 9.17) is 9.05 Å². The average molecular weight is 1260 g/mol. The van der Waals surface area contributed by atoms with E-state index in [1.807, 2.05) is 27.2 Å². The van der Waals surface area contributed by atoms with Crippen molar-refractivity contribution in [2.75, 3.05) is 40.9 Å². The van der Waals surface area contributed by atoms with Crippen molar-refractivity contribution in [1.82, 2.24) is 5.32 Å². The van der Waals surface area contributed by atoms with Crippen LogP contribution in [0, 0.1) is 0 Å². The number of aliphatic hydroxyl groups excluding tert-OH is 1. The summed E-state index contributed by atoms with van der Waals surface area (Å²) >= 11 is 0. The Labute approximate surface area is 555 Å². The van der Waals surface area contributed by atoms with Crippen LogP contribution in [0.15, 0.2) is 182 Å². The van der Waals surface area contributed by atoms with Gasteiger partial charge in [-0.2, -0.15) is 0 Å². The van der Waals surface area contributed by atoms with Crippen molar-refractivity contribution in [3.63, 3.8) is 0 Å².